The van der Waals surface area contributed by atoms with Crippen LogP contribution in [0.3, 0.4) is 0 Å². The van der Waals surface area contributed by atoms with Crippen molar-refractivity contribution in [2.45, 2.75) is 6.54 Å². The van der Waals surface area contributed by atoms with E-state index in [1.165, 1.54) is 16.2 Å². The number of aromatic nitrogens is 1. The fraction of sp³-hybridized carbons (Fsp3) is 0.280. The van der Waals surface area contributed by atoms with E-state index in [2.05, 4.69) is 10.3 Å². The van der Waals surface area contributed by atoms with E-state index in [-0.39, 0.29) is 37.4 Å². The van der Waals surface area contributed by atoms with Crippen molar-refractivity contribution >= 4 is 34.6 Å². The second kappa shape index (κ2) is 11.1. The Kier molecular flexibility index (Phi) is 7.74. The molecule has 2 aromatic carbocycles. The fourth-order valence-electron chi connectivity index (χ4n) is 3.40. The van der Waals surface area contributed by atoms with E-state index in [4.69, 9.17) is 9.47 Å². The fourth-order valence-corrected chi connectivity index (χ4v) is 4.17. The van der Waals surface area contributed by atoms with Gasteiger partial charge in [-0.1, -0.05) is 18.2 Å². The summed E-state index contributed by atoms with van der Waals surface area (Å²) in [5, 5.41) is 5.11. The quantitative estimate of drug-likeness (QED) is 0.433. The van der Waals surface area contributed by atoms with Gasteiger partial charge in [-0.2, -0.15) is 0 Å². The number of Topliss-reactive ketones (excluding diaryl/α,β-unsaturated/α-hetero) is 1. The summed E-state index contributed by atoms with van der Waals surface area (Å²) in [5.41, 5.74) is 1.20. The maximum Gasteiger partial charge on any atom is 0.270 e. The molecule has 0 atom stereocenters. The lowest BCUT2D eigenvalue weighted by Gasteiger charge is -2.29. The van der Waals surface area contributed by atoms with Crippen LogP contribution >= 0.6 is 11.3 Å². The molecule has 10 heteroatoms. The zero-order chi connectivity index (χ0) is 24.8. The summed E-state index contributed by atoms with van der Waals surface area (Å²) < 4.78 is 11.1. The second-order valence-corrected chi connectivity index (χ2v) is 9.10. The minimum absolute atomic E-state index is 0.110. The Hall–Kier alpha value is -3.76. The van der Waals surface area contributed by atoms with Crippen LogP contribution < -0.4 is 19.7 Å². The first-order valence-electron chi connectivity index (χ1n) is 11.1. The highest BCUT2D eigenvalue weighted by Gasteiger charge is 2.28. The van der Waals surface area contributed by atoms with Gasteiger partial charge in [0, 0.05) is 24.0 Å². The molecule has 182 valence electrons. The van der Waals surface area contributed by atoms with E-state index in [1.807, 2.05) is 37.2 Å². The summed E-state index contributed by atoms with van der Waals surface area (Å²) in [5.74, 6) is 0.373. The Morgan fingerprint density at radius 3 is 2.77 bits per heavy atom. The molecule has 1 aliphatic heterocycles. The summed E-state index contributed by atoms with van der Waals surface area (Å²) >= 11 is 1.30. The molecule has 0 saturated carbocycles. The molecule has 0 radical (unpaired) electrons. The molecule has 1 N–H and O–H groups in total. The van der Waals surface area contributed by atoms with Gasteiger partial charge in [-0.25, -0.2) is 4.98 Å². The van der Waals surface area contributed by atoms with Gasteiger partial charge in [-0.3, -0.25) is 19.3 Å². The van der Waals surface area contributed by atoms with Gasteiger partial charge in [0.25, 0.3) is 11.8 Å². The topological polar surface area (TPSA) is 101 Å². The second-order valence-electron chi connectivity index (χ2n) is 8.16. The highest BCUT2D eigenvalue weighted by atomic mass is 32.1. The average molecular weight is 495 g/mol. The highest BCUT2D eigenvalue weighted by molar-refractivity contribution is 7.09. The normalized spacial score (nSPS) is 12.8. The minimum atomic E-state index is -0.255. The number of rotatable bonds is 10. The van der Waals surface area contributed by atoms with Crippen molar-refractivity contribution in [3.05, 3.63) is 70.2 Å². The van der Waals surface area contributed by atoms with Gasteiger partial charge in [-0.05, 0) is 44.4 Å². The lowest BCUT2D eigenvalue weighted by Crippen LogP contribution is -2.38. The zero-order valence-corrected chi connectivity index (χ0v) is 20.3. The Bertz CT molecular complexity index is 1210. The van der Waals surface area contributed by atoms with E-state index in [0.717, 1.165) is 6.54 Å². The predicted octanol–water partition coefficient (Wildman–Crippen LogP) is 2.62. The first kappa shape index (κ1) is 24.4. The van der Waals surface area contributed by atoms with Crippen LogP contribution in [0.4, 0.5) is 5.69 Å². The predicted molar refractivity (Wildman–Crippen MR) is 132 cm³/mol. The summed E-state index contributed by atoms with van der Waals surface area (Å²) in [4.78, 5) is 45.7. The van der Waals surface area contributed by atoms with Crippen molar-refractivity contribution in [3.8, 4) is 11.5 Å². The number of hydrogen-bond donors (Lipinski definition) is 1. The molecule has 2 heterocycles. The van der Waals surface area contributed by atoms with E-state index in [1.54, 1.807) is 35.7 Å². The van der Waals surface area contributed by atoms with Gasteiger partial charge >= 0.3 is 0 Å². The third-order valence-corrected chi connectivity index (χ3v) is 6.09. The molecule has 0 saturated heterocycles. The van der Waals surface area contributed by atoms with Crippen LogP contribution in [0.2, 0.25) is 0 Å². The van der Waals surface area contributed by atoms with Gasteiger partial charge < -0.3 is 19.7 Å². The smallest absolute Gasteiger partial charge is 0.270 e. The van der Waals surface area contributed by atoms with Crippen LogP contribution in [0, 0.1) is 0 Å². The Morgan fingerprint density at radius 2 is 2.00 bits per heavy atom. The van der Waals surface area contributed by atoms with E-state index < -0.39 is 0 Å². The van der Waals surface area contributed by atoms with Crippen LogP contribution in [0.5, 0.6) is 11.5 Å². The Balaban J connectivity index is 1.45. The summed E-state index contributed by atoms with van der Waals surface area (Å²) in [6.45, 7) is 1.16. The number of carbonyl (C=O) groups excluding carboxylic acids is 3. The number of para-hydroxylation sites is 1. The molecular weight excluding hydrogens is 468 g/mol. The SMILES string of the molecule is CN(C)CCNC(=O)c1csc(CN2C(=O)COc3ccc(C(=O)COc4ccccc4)cc32)n1. The maximum atomic E-state index is 12.7. The number of anilines is 1. The monoisotopic (exact) mass is 494 g/mol. The molecule has 0 spiro atoms. The van der Waals surface area contributed by atoms with Crippen LogP contribution in [0.25, 0.3) is 0 Å². The van der Waals surface area contributed by atoms with Crippen molar-refractivity contribution in [1.29, 1.82) is 0 Å². The maximum absolute atomic E-state index is 12.7. The van der Waals surface area contributed by atoms with Crippen LogP contribution in [0.15, 0.2) is 53.9 Å². The number of benzene rings is 2. The van der Waals surface area contributed by atoms with Crippen molar-refractivity contribution in [3.63, 3.8) is 0 Å². The van der Waals surface area contributed by atoms with E-state index in [0.29, 0.717) is 40.0 Å². The first-order chi connectivity index (χ1) is 16.9. The molecule has 0 unspecified atom stereocenters. The molecule has 35 heavy (non-hydrogen) atoms. The summed E-state index contributed by atoms with van der Waals surface area (Å²) in [7, 11) is 3.86. The van der Waals surface area contributed by atoms with Gasteiger partial charge in [0.2, 0.25) is 0 Å². The number of likely N-dealkylation sites (N-methyl/N-ethyl adjacent to an activating group) is 1. The molecular formula is C25H26N4O5S. The van der Waals surface area contributed by atoms with Crippen LogP contribution in [-0.4, -0.2) is 67.9 Å². The Morgan fingerprint density at radius 1 is 1.20 bits per heavy atom. The number of nitrogens with one attached hydrogen (secondary N) is 1. The number of hydrogen-bond acceptors (Lipinski definition) is 8. The van der Waals surface area contributed by atoms with Gasteiger partial charge in [0.15, 0.2) is 19.0 Å². The van der Waals surface area contributed by atoms with Gasteiger partial charge in [0.1, 0.15) is 22.2 Å². The molecule has 9 nitrogen and oxygen atoms in total. The molecule has 0 aliphatic carbocycles. The number of thiazole rings is 1. The molecule has 3 aromatic rings. The molecule has 0 fully saturated rings. The largest absolute Gasteiger partial charge is 0.485 e. The third kappa shape index (κ3) is 6.23. The van der Waals surface area contributed by atoms with Crippen LogP contribution in [-0.2, 0) is 11.3 Å². The van der Waals surface area contributed by atoms with Crippen molar-refractivity contribution in [2.75, 3.05) is 45.3 Å². The zero-order valence-electron chi connectivity index (χ0n) is 19.5. The standard InChI is InChI=1S/C25H26N4O5S/c1-28(2)11-10-26-25(32)19-16-35-23(27-19)13-29-20-12-17(8-9-22(20)34-15-24(29)31)21(30)14-33-18-6-4-3-5-7-18/h3-9,12,16H,10-11,13-15H2,1-2H3,(H,26,32). The number of amides is 2. The molecule has 4 rings (SSSR count). The summed E-state index contributed by atoms with van der Waals surface area (Å²) in [6.07, 6.45) is 0. The Labute approximate surface area is 207 Å². The van der Waals surface area contributed by atoms with Crippen molar-refractivity contribution in [2.24, 2.45) is 0 Å². The lowest BCUT2D eigenvalue weighted by atomic mass is 10.1. The summed E-state index contributed by atoms with van der Waals surface area (Å²) in [6, 6.07) is 14.0. The number of carbonyl (C=O) groups is 3. The molecule has 1 aliphatic rings. The van der Waals surface area contributed by atoms with Crippen molar-refractivity contribution < 1.29 is 23.9 Å². The lowest BCUT2D eigenvalue weighted by molar-refractivity contribution is -0.121. The van der Waals surface area contributed by atoms with Gasteiger partial charge in [0.05, 0.1) is 12.2 Å². The first-order valence-corrected chi connectivity index (χ1v) is 11.9. The minimum Gasteiger partial charge on any atom is -0.485 e. The van der Waals surface area contributed by atoms with Crippen molar-refractivity contribution in [1.82, 2.24) is 15.2 Å². The molecule has 0 bridgehead atoms. The third-order valence-electron chi connectivity index (χ3n) is 5.26. The van der Waals surface area contributed by atoms with E-state index in [9.17, 15) is 14.4 Å². The number of ether oxygens (including phenoxy) is 2. The van der Waals surface area contributed by atoms with Gasteiger partial charge in [-0.15, -0.1) is 11.3 Å². The number of ketones is 1. The number of fused-ring (bicyclic) bond motifs is 1. The number of nitrogens with zero attached hydrogens (tertiary/aromatic N) is 3. The van der Waals surface area contributed by atoms with Crippen LogP contribution in [0.1, 0.15) is 25.9 Å². The molecule has 1 aromatic heterocycles. The molecule has 2 amide bonds. The highest BCUT2D eigenvalue weighted by Crippen LogP contribution is 2.34. The van der Waals surface area contributed by atoms with E-state index >= 15 is 0 Å². The average Bonchev–Trinajstić information content (AvgIpc) is 3.33.